The molecular formula is C33H29Cl2NO4. The summed E-state index contributed by atoms with van der Waals surface area (Å²) in [5.74, 6) is 1.38. The molecule has 40 heavy (non-hydrogen) atoms. The van der Waals surface area contributed by atoms with Gasteiger partial charge in [-0.25, -0.2) is 4.79 Å². The highest BCUT2D eigenvalue weighted by Gasteiger charge is 2.20. The topological polar surface area (TPSA) is 61.6 Å². The molecule has 0 saturated heterocycles. The zero-order valence-corrected chi connectivity index (χ0v) is 24.1. The van der Waals surface area contributed by atoms with Crippen molar-refractivity contribution in [1.82, 2.24) is 5.16 Å². The lowest BCUT2D eigenvalue weighted by molar-refractivity contribution is 0.0601. The summed E-state index contributed by atoms with van der Waals surface area (Å²) in [5.41, 5.74) is 5.32. The summed E-state index contributed by atoms with van der Waals surface area (Å²) in [5, 5.41) is 7.67. The van der Waals surface area contributed by atoms with Gasteiger partial charge < -0.3 is 14.0 Å². The summed E-state index contributed by atoms with van der Waals surface area (Å²) in [7, 11) is 1.39. The van der Waals surface area contributed by atoms with Crippen molar-refractivity contribution in [3.63, 3.8) is 0 Å². The first-order valence-corrected chi connectivity index (χ1v) is 13.8. The highest BCUT2D eigenvalue weighted by molar-refractivity contribution is 6.36. The van der Waals surface area contributed by atoms with E-state index in [0.29, 0.717) is 35.1 Å². The molecular weight excluding hydrogens is 545 g/mol. The van der Waals surface area contributed by atoms with Gasteiger partial charge in [0.2, 0.25) is 0 Å². The van der Waals surface area contributed by atoms with Crippen LogP contribution in [-0.2, 0) is 24.2 Å². The van der Waals surface area contributed by atoms with Crippen molar-refractivity contribution in [3.05, 3.63) is 117 Å². The van der Waals surface area contributed by atoms with Gasteiger partial charge >= 0.3 is 5.97 Å². The number of rotatable bonds is 9. The summed E-state index contributed by atoms with van der Waals surface area (Å²) in [4.78, 5) is 11.9. The predicted octanol–water partition coefficient (Wildman–Crippen LogP) is 9.08. The molecule has 0 bridgehead atoms. The van der Waals surface area contributed by atoms with Crippen LogP contribution in [0.25, 0.3) is 21.9 Å². The van der Waals surface area contributed by atoms with Gasteiger partial charge in [0.05, 0.1) is 23.9 Å². The summed E-state index contributed by atoms with van der Waals surface area (Å²) in [6.45, 7) is 4.49. The fourth-order valence-electron chi connectivity index (χ4n) is 4.75. The van der Waals surface area contributed by atoms with Crippen LogP contribution in [0.4, 0.5) is 0 Å². The van der Waals surface area contributed by atoms with Gasteiger partial charge in [-0.1, -0.05) is 78.6 Å². The van der Waals surface area contributed by atoms with Crippen LogP contribution in [0.3, 0.4) is 0 Å². The molecule has 1 aromatic heterocycles. The van der Waals surface area contributed by atoms with Gasteiger partial charge in [-0.15, -0.1) is 0 Å². The van der Waals surface area contributed by atoms with Crippen LogP contribution in [0.1, 0.15) is 52.7 Å². The normalized spacial score (nSPS) is 11.2. The van der Waals surface area contributed by atoms with Gasteiger partial charge in [-0.2, -0.15) is 0 Å². The first-order chi connectivity index (χ1) is 19.3. The lowest BCUT2D eigenvalue weighted by atomic mass is 10.00. The third kappa shape index (κ3) is 6.01. The number of benzene rings is 4. The number of carbonyl (C=O) groups excluding carboxylic acids is 1. The monoisotopic (exact) mass is 573 g/mol. The Morgan fingerprint density at radius 1 is 0.850 bits per heavy atom. The number of fused-ring (bicyclic) bond motifs is 1. The molecule has 5 nitrogen and oxygen atoms in total. The van der Waals surface area contributed by atoms with Crippen molar-refractivity contribution in [3.8, 4) is 16.9 Å². The number of hydrogen-bond donors (Lipinski definition) is 0. The fraction of sp³-hybridized carbons (Fsp3) is 0.212. The zero-order chi connectivity index (χ0) is 28.2. The number of carbonyl (C=O) groups is 1. The standard InChI is InChI=1S/C33H29Cl2NO4/c1-20(2)32-28(31(36-40-32)16-15-27-29(34)5-4-6-30(27)35)19-39-26-13-11-21(12-14-26)23-9-7-22-8-10-24(33(37)38-3)18-25(22)17-23/h4-14,17-18,20H,15-16,19H2,1-3H3. The second-order valence-corrected chi connectivity index (χ2v) is 10.7. The van der Waals surface area contributed by atoms with Gasteiger partial charge in [0.1, 0.15) is 18.1 Å². The Morgan fingerprint density at radius 2 is 1.55 bits per heavy atom. The second kappa shape index (κ2) is 12.2. The zero-order valence-electron chi connectivity index (χ0n) is 22.5. The Balaban J connectivity index is 1.31. The Morgan fingerprint density at radius 3 is 2.25 bits per heavy atom. The van der Waals surface area contributed by atoms with Crippen LogP contribution < -0.4 is 4.74 Å². The minimum Gasteiger partial charge on any atom is -0.489 e. The predicted molar refractivity (Wildman–Crippen MR) is 160 cm³/mol. The lowest BCUT2D eigenvalue weighted by Crippen LogP contribution is -2.04. The molecule has 0 atom stereocenters. The molecule has 0 unspecified atom stereocenters. The molecule has 0 aliphatic carbocycles. The third-order valence-corrected chi connectivity index (χ3v) is 7.64. The second-order valence-electron chi connectivity index (χ2n) is 9.91. The number of hydrogen-bond acceptors (Lipinski definition) is 5. The van der Waals surface area contributed by atoms with Crippen LogP contribution in [0, 0.1) is 0 Å². The molecule has 5 aromatic rings. The molecule has 0 spiro atoms. The van der Waals surface area contributed by atoms with Gasteiger partial charge in [0, 0.05) is 16.0 Å². The quantitative estimate of drug-likeness (QED) is 0.164. The number of aromatic nitrogens is 1. The maximum atomic E-state index is 11.9. The van der Waals surface area contributed by atoms with E-state index in [2.05, 4.69) is 31.1 Å². The molecule has 0 fully saturated rings. The Kier molecular flexibility index (Phi) is 8.43. The van der Waals surface area contributed by atoms with E-state index in [0.717, 1.165) is 50.2 Å². The summed E-state index contributed by atoms with van der Waals surface area (Å²) in [6, 6.07) is 25.2. The van der Waals surface area contributed by atoms with E-state index in [1.54, 1.807) is 6.07 Å². The molecule has 7 heteroatoms. The van der Waals surface area contributed by atoms with Crippen LogP contribution in [0.2, 0.25) is 10.0 Å². The molecule has 0 aliphatic rings. The Hall–Kier alpha value is -3.80. The molecule has 0 amide bonds. The molecule has 0 N–H and O–H groups in total. The van der Waals surface area contributed by atoms with E-state index in [4.69, 9.17) is 37.2 Å². The smallest absolute Gasteiger partial charge is 0.337 e. The van der Waals surface area contributed by atoms with E-state index in [1.165, 1.54) is 7.11 Å². The van der Waals surface area contributed by atoms with Gasteiger partial charge in [-0.3, -0.25) is 0 Å². The molecule has 0 aliphatic heterocycles. The van der Waals surface area contributed by atoms with Gasteiger partial charge in [0.25, 0.3) is 0 Å². The Bertz CT molecular complexity index is 1640. The summed E-state index contributed by atoms with van der Waals surface area (Å²) < 4.78 is 16.8. The molecule has 0 saturated carbocycles. The molecule has 5 rings (SSSR count). The average Bonchev–Trinajstić information content (AvgIpc) is 3.38. The van der Waals surface area contributed by atoms with E-state index in [1.807, 2.05) is 60.7 Å². The van der Waals surface area contributed by atoms with Crippen LogP contribution in [0.15, 0.2) is 83.4 Å². The molecule has 4 aromatic carbocycles. The molecule has 1 heterocycles. The van der Waals surface area contributed by atoms with Crippen molar-refractivity contribution in [2.75, 3.05) is 7.11 Å². The average molecular weight is 575 g/mol. The van der Waals surface area contributed by atoms with Crippen molar-refractivity contribution in [2.45, 2.75) is 39.2 Å². The fourth-order valence-corrected chi connectivity index (χ4v) is 5.33. The maximum absolute atomic E-state index is 11.9. The molecule has 204 valence electrons. The number of aryl methyl sites for hydroxylation is 1. The lowest BCUT2D eigenvalue weighted by Gasteiger charge is -2.11. The molecule has 0 radical (unpaired) electrons. The van der Waals surface area contributed by atoms with E-state index < -0.39 is 0 Å². The maximum Gasteiger partial charge on any atom is 0.337 e. The Labute approximate surface area is 243 Å². The number of nitrogens with zero attached hydrogens (tertiary/aromatic N) is 1. The van der Waals surface area contributed by atoms with Crippen molar-refractivity contribution < 1.29 is 18.8 Å². The number of ether oxygens (including phenoxy) is 2. The van der Waals surface area contributed by atoms with Crippen molar-refractivity contribution in [1.29, 1.82) is 0 Å². The first kappa shape index (κ1) is 27.8. The first-order valence-electron chi connectivity index (χ1n) is 13.1. The van der Waals surface area contributed by atoms with E-state index in [-0.39, 0.29) is 11.9 Å². The van der Waals surface area contributed by atoms with E-state index >= 15 is 0 Å². The number of methoxy groups -OCH3 is 1. The highest BCUT2D eigenvalue weighted by Crippen LogP contribution is 2.30. The summed E-state index contributed by atoms with van der Waals surface area (Å²) >= 11 is 12.7. The summed E-state index contributed by atoms with van der Waals surface area (Å²) in [6.07, 6.45) is 1.29. The van der Waals surface area contributed by atoms with Gasteiger partial charge in [-0.05, 0) is 82.8 Å². The minimum absolute atomic E-state index is 0.165. The van der Waals surface area contributed by atoms with E-state index in [9.17, 15) is 4.79 Å². The highest BCUT2D eigenvalue weighted by atomic mass is 35.5. The van der Waals surface area contributed by atoms with Crippen LogP contribution in [0.5, 0.6) is 5.75 Å². The largest absolute Gasteiger partial charge is 0.489 e. The van der Waals surface area contributed by atoms with Crippen LogP contribution >= 0.6 is 23.2 Å². The van der Waals surface area contributed by atoms with Gasteiger partial charge in [0.15, 0.2) is 0 Å². The van der Waals surface area contributed by atoms with Crippen molar-refractivity contribution >= 4 is 39.9 Å². The SMILES string of the molecule is COC(=O)c1ccc2ccc(-c3ccc(OCc4c(CCc5c(Cl)cccc5Cl)noc4C(C)C)cc3)cc2c1. The van der Waals surface area contributed by atoms with Crippen LogP contribution in [-0.4, -0.2) is 18.2 Å². The minimum atomic E-state index is -0.349. The number of halogens is 2. The number of esters is 1. The third-order valence-electron chi connectivity index (χ3n) is 6.93. The van der Waals surface area contributed by atoms with Crippen molar-refractivity contribution in [2.24, 2.45) is 0 Å².